The lowest BCUT2D eigenvalue weighted by atomic mass is 10.2. The summed E-state index contributed by atoms with van der Waals surface area (Å²) in [4.78, 5) is 24.4. The number of anilines is 2. The van der Waals surface area contributed by atoms with Gasteiger partial charge in [-0.2, -0.15) is 0 Å². The van der Waals surface area contributed by atoms with Crippen LogP contribution in [0.3, 0.4) is 0 Å². The van der Waals surface area contributed by atoms with E-state index in [4.69, 9.17) is 4.74 Å². The highest BCUT2D eigenvalue weighted by Gasteiger charge is 2.17. The van der Waals surface area contributed by atoms with E-state index in [-0.39, 0.29) is 5.91 Å². The third-order valence-electron chi connectivity index (χ3n) is 4.39. The maximum atomic E-state index is 12.7. The molecule has 0 aliphatic carbocycles. The minimum Gasteiger partial charge on any atom is -0.378 e. The van der Waals surface area contributed by atoms with Crippen LogP contribution in [0.1, 0.15) is 15.4 Å². The van der Waals surface area contributed by atoms with Gasteiger partial charge in [0.2, 0.25) is 0 Å². The van der Waals surface area contributed by atoms with Crippen molar-refractivity contribution in [2.75, 3.05) is 36.5 Å². The zero-order chi connectivity index (χ0) is 18.6. The van der Waals surface area contributed by atoms with Crippen molar-refractivity contribution in [2.45, 2.75) is 6.92 Å². The molecule has 6 nitrogen and oxygen atoms in total. The van der Waals surface area contributed by atoms with Crippen molar-refractivity contribution in [1.82, 2.24) is 9.97 Å². The molecular weight excluding hydrogens is 360 g/mol. The molecule has 3 heterocycles. The Hall–Kier alpha value is -2.77. The SMILES string of the molecule is Cc1nc(-c2ccccn2)sc1C(=O)Nc1ccc(N2CCOCC2)cc1. The smallest absolute Gasteiger partial charge is 0.267 e. The number of hydrogen-bond donors (Lipinski definition) is 1. The van der Waals surface area contributed by atoms with E-state index < -0.39 is 0 Å². The first-order valence-electron chi connectivity index (χ1n) is 8.83. The summed E-state index contributed by atoms with van der Waals surface area (Å²) in [6.07, 6.45) is 1.72. The number of carbonyl (C=O) groups is 1. The molecule has 2 aromatic heterocycles. The second-order valence-electron chi connectivity index (χ2n) is 6.25. The van der Waals surface area contributed by atoms with Gasteiger partial charge in [0, 0.05) is 30.7 Å². The zero-order valence-electron chi connectivity index (χ0n) is 15.0. The minimum absolute atomic E-state index is 0.147. The van der Waals surface area contributed by atoms with Crippen LogP contribution in [0.25, 0.3) is 10.7 Å². The predicted molar refractivity (Wildman–Crippen MR) is 108 cm³/mol. The molecule has 1 aromatic carbocycles. The first-order valence-corrected chi connectivity index (χ1v) is 9.65. The Labute approximate surface area is 161 Å². The molecule has 0 spiro atoms. The summed E-state index contributed by atoms with van der Waals surface area (Å²) < 4.78 is 5.38. The van der Waals surface area contributed by atoms with Crippen LogP contribution in [0, 0.1) is 6.92 Å². The quantitative estimate of drug-likeness (QED) is 0.749. The standard InChI is InChI=1S/C20H20N4O2S/c1-14-18(27-20(22-14)17-4-2-3-9-21-17)19(25)23-15-5-7-16(8-6-15)24-10-12-26-13-11-24/h2-9H,10-13H2,1H3,(H,23,25). The fourth-order valence-corrected chi connectivity index (χ4v) is 3.91. The zero-order valence-corrected chi connectivity index (χ0v) is 15.8. The van der Waals surface area contributed by atoms with Gasteiger partial charge < -0.3 is 15.0 Å². The number of nitrogens with one attached hydrogen (secondary N) is 1. The molecule has 0 atom stereocenters. The van der Waals surface area contributed by atoms with Gasteiger partial charge in [0.15, 0.2) is 0 Å². The molecule has 0 radical (unpaired) electrons. The van der Waals surface area contributed by atoms with Gasteiger partial charge in [-0.25, -0.2) is 4.98 Å². The molecule has 0 bridgehead atoms. The number of aromatic nitrogens is 2. The van der Waals surface area contributed by atoms with Crippen molar-refractivity contribution in [1.29, 1.82) is 0 Å². The van der Waals surface area contributed by atoms with Crippen LogP contribution >= 0.6 is 11.3 Å². The Bertz CT molecular complexity index is 919. The van der Waals surface area contributed by atoms with Crippen LogP contribution in [0.5, 0.6) is 0 Å². The van der Waals surface area contributed by atoms with E-state index in [0.717, 1.165) is 48.4 Å². The summed E-state index contributed by atoms with van der Waals surface area (Å²) in [6.45, 7) is 5.13. The number of nitrogens with zero attached hydrogens (tertiary/aromatic N) is 3. The molecule has 1 aliphatic heterocycles. The largest absolute Gasteiger partial charge is 0.378 e. The molecule has 7 heteroatoms. The Morgan fingerprint density at radius 3 is 2.63 bits per heavy atom. The van der Waals surface area contributed by atoms with Crippen molar-refractivity contribution in [3.63, 3.8) is 0 Å². The predicted octanol–water partition coefficient (Wildman–Crippen LogP) is 3.60. The highest BCUT2D eigenvalue weighted by molar-refractivity contribution is 7.17. The summed E-state index contributed by atoms with van der Waals surface area (Å²) in [5, 5.41) is 3.71. The molecule has 27 heavy (non-hydrogen) atoms. The number of carbonyl (C=O) groups excluding carboxylic acids is 1. The maximum absolute atomic E-state index is 12.7. The number of hydrogen-bond acceptors (Lipinski definition) is 6. The molecule has 1 N–H and O–H groups in total. The van der Waals surface area contributed by atoms with E-state index in [1.807, 2.05) is 49.4 Å². The molecular formula is C20H20N4O2S. The van der Waals surface area contributed by atoms with Gasteiger partial charge in [-0.1, -0.05) is 6.07 Å². The molecule has 1 saturated heterocycles. The van der Waals surface area contributed by atoms with Gasteiger partial charge >= 0.3 is 0 Å². The van der Waals surface area contributed by atoms with E-state index in [2.05, 4.69) is 20.2 Å². The van der Waals surface area contributed by atoms with Crippen molar-refractivity contribution in [3.8, 4) is 10.7 Å². The number of benzene rings is 1. The van der Waals surface area contributed by atoms with Crippen LogP contribution in [0.15, 0.2) is 48.7 Å². The van der Waals surface area contributed by atoms with Crippen molar-refractivity contribution < 1.29 is 9.53 Å². The average Bonchev–Trinajstić information content (AvgIpc) is 3.12. The molecule has 138 valence electrons. The van der Waals surface area contributed by atoms with Crippen LogP contribution in [-0.2, 0) is 4.74 Å². The number of rotatable bonds is 4. The molecule has 1 amide bonds. The van der Waals surface area contributed by atoms with Gasteiger partial charge in [0.1, 0.15) is 9.88 Å². The lowest BCUT2D eigenvalue weighted by Gasteiger charge is -2.28. The number of ether oxygens (including phenoxy) is 1. The fraction of sp³-hybridized carbons (Fsp3) is 0.250. The second kappa shape index (κ2) is 7.85. The maximum Gasteiger partial charge on any atom is 0.267 e. The van der Waals surface area contributed by atoms with Gasteiger partial charge in [-0.3, -0.25) is 9.78 Å². The van der Waals surface area contributed by atoms with Crippen molar-refractivity contribution in [3.05, 3.63) is 59.2 Å². The lowest BCUT2D eigenvalue weighted by Crippen LogP contribution is -2.36. The number of morpholine rings is 1. The molecule has 0 unspecified atom stereocenters. The Balaban J connectivity index is 1.47. The molecule has 1 aliphatic rings. The van der Waals surface area contributed by atoms with E-state index in [1.54, 1.807) is 6.20 Å². The highest BCUT2D eigenvalue weighted by atomic mass is 32.1. The van der Waals surface area contributed by atoms with Crippen LogP contribution in [0.2, 0.25) is 0 Å². The van der Waals surface area contributed by atoms with Crippen molar-refractivity contribution in [2.24, 2.45) is 0 Å². The number of pyridine rings is 1. The van der Waals surface area contributed by atoms with E-state index in [1.165, 1.54) is 11.3 Å². The number of thiazole rings is 1. The molecule has 0 saturated carbocycles. The van der Waals surface area contributed by atoms with Gasteiger partial charge in [-0.05, 0) is 43.3 Å². The van der Waals surface area contributed by atoms with Gasteiger partial charge in [0.25, 0.3) is 5.91 Å². The fourth-order valence-electron chi connectivity index (χ4n) is 2.97. The third-order valence-corrected chi connectivity index (χ3v) is 5.57. The van der Waals surface area contributed by atoms with Crippen LogP contribution in [0.4, 0.5) is 11.4 Å². The molecule has 4 rings (SSSR count). The van der Waals surface area contributed by atoms with Crippen LogP contribution < -0.4 is 10.2 Å². The first kappa shape index (κ1) is 17.6. The highest BCUT2D eigenvalue weighted by Crippen LogP contribution is 2.27. The monoisotopic (exact) mass is 380 g/mol. The summed E-state index contributed by atoms with van der Waals surface area (Å²) >= 11 is 1.36. The first-order chi connectivity index (χ1) is 13.2. The topological polar surface area (TPSA) is 67.4 Å². The van der Waals surface area contributed by atoms with Gasteiger partial charge in [0.05, 0.1) is 24.6 Å². The summed E-state index contributed by atoms with van der Waals surface area (Å²) in [7, 11) is 0. The van der Waals surface area contributed by atoms with E-state index >= 15 is 0 Å². The Morgan fingerprint density at radius 2 is 1.93 bits per heavy atom. The Morgan fingerprint density at radius 1 is 1.15 bits per heavy atom. The van der Waals surface area contributed by atoms with E-state index in [0.29, 0.717) is 10.6 Å². The Kier molecular flexibility index (Phi) is 5.13. The van der Waals surface area contributed by atoms with Crippen molar-refractivity contribution >= 4 is 28.6 Å². The normalized spacial score (nSPS) is 14.2. The third kappa shape index (κ3) is 3.99. The number of aryl methyl sites for hydroxylation is 1. The van der Waals surface area contributed by atoms with Gasteiger partial charge in [-0.15, -0.1) is 11.3 Å². The van der Waals surface area contributed by atoms with E-state index in [9.17, 15) is 4.79 Å². The summed E-state index contributed by atoms with van der Waals surface area (Å²) in [6, 6.07) is 13.6. The summed E-state index contributed by atoms with van der Waals surface area (Å²) in [5.74, 6) is -0.147. The minimum atomic E-state index is -0.147. The molecule has 1 fully saturated rings. The molecule has 3 aromatic rings. The lowest BCUT2D eigenvalue weighted by molar-refractivity contribution is 0.103. The van der Waals surface area contributed by atoms with Crippen LogP contribution in [-0.4, -0.2) is 42.2 Å². The average molecular weight is 380 g/mol. The number of amides is 1. The summed E-state index contributed by atoms with van der Waals surface area (Å²) in [5.41, 5.74) is 3.40. The second-order valence-corrected chi connectivity index (χ2v) is 7.25.